The number of aryl methyl sites for hydroxylation is 1. The van der Waals surface area contributed by atoms with Gasteiger partial charge in [0.25, 0.3) is 0 Å². The van der Waals surface area contributed by atoms with Gasteiger partial charge in [0, 0.05) is 6.20 Å². The van der Waals surface area contributed by atoms with Crippen LogP contribution >= 0.6 is 0 Å². The normalized spacial score (nSPS) is 12.9. The van der Waals surface area contributed by atoms with Gasteiger partial charge in [-0.1, -0.05) is 58.8 Å². The van der Waals surface area contributed by atoms with E-state index in [1.54, 1.807) is 6.33 Å². The van der Waals surface area contributed by atoms with Crippen molar-refractivity contribution in [2.45, 2.75) is 91.4 Å². The Kier molecular flexibility index (Phi) is 7.07. The zero-order valence-electron chi connectivity index (χ0n) is 15.4. The number of unbranched alkanes of at least 4 members (excludes halogenated alkanes) is 5. The molecule has 2 heterocycles. The van der Waals surface area contributed by atoms with Crippen LogP contribution in [0.25, 0.3) is 5.65 Å². The standard InChI is InChI=1S/C20H33N3/c1-5-7-9-10-11-13-18(12-8-6-2)19-14-23-20(21-15-22-23)17(4)16(19)3/h14-15,18H,5-13H2,1-4H3. The maximum absolute atomic E-state index is 4.39. The lowest BCUT2D eigenvalue weighted by Crippen LogP contribution is -2.07. The van der Waals surface area contributed by atoms with E-state index in [4.69, 9.17) is 0 Å². The van der Waals surface area contributed by atoms with Gasteiger partial charge in [-0.25, -0.2) is 9.50 Å². The van der Waals surface area contributed by atoms with Crippen LogP contribution in [0.4, 0.5) is 0 Å². The van der Waals surface area contributed by atoms with Gasteiger partial charge in [0.15, 0.2) is 5.65 Å². The maximum Gasteiger partial charge on any atom is 0.158 e. The molecule has 1 unspecified atom stereocenters. The number of pyridine rings is 1. The molecule has 128 valence electrons. The SMILES string of the molecule is CCCCCCCC(CCCC)c1cn2ncnc2c(C)c1C. The van der Waals surface area contributed by atoms with Crippen molar-refractivity contribution in [3.05, 3.63) is 29.2 Å². The second-order valence-electron chi connectivity index (χ2n) is 6.90. The molecular formula is C20H33N3. The molecule has 2 rings (SSSR count). The third-order valence-electron chi connectivity index (χ3n) is 5.17. The van der Waals surface area contributed by atoms with Crippen LogP contribution in [0, 0.1) is 13.8 Å². The molecule has 0 aromatic carbocycles. The Morgan fingerprint density at radius 3 is 2.35 bits per heavy atom. The number of aromatic nitrogens is 3. The fourth-order valence-electron chi connectivity index (χ4n) is 3.54. The minimum atomic E-state index is 0.670. The summed E-state index contributed by atoms with van der Waals surface area (Å²) in [6.45, 7) is 9.01. The van der Waals surface area contributed by atoms with Crippen LogP contribution in [0.2, 0.25) is 0 Å². The van der Waals surface area contributed by atoms with Crippen molar-refractivity contribution in [2.24, 2.45) is 0 Å². The predicted octanol–water partition coefficient (Wildman–Crippen LogP) is 5.98. The fourth-order valence-corrected chi connectivity index (χ4v) is 3.54. The second-order valence-corrected chi connectivity index (χ2v) is 6.90. The van der Waals surface area contributed by atoms with Gasteiger partial charge in [0.05, 0.1) is 0 Å². The molecule has 0 radical (unpaired) electrons. The monoisotopic (exact) mass is 315 g/mol. The quantitative estimate of drug-likeness (QED) is 0.505. The second kappa shape index (κ2) is 9.05. The number of rotatable bonds is 10. The summed E-state index contributed by atoms with van der Waals surface area (Å²) in [4.78, 5) is 4.39. The summed E-state index contributed by atoms with van der Waals surface area (Å²) in [5.74, 6) is 0.670. The van der Waals surface area contributed by atoms with Crippen LogP contribution in [0.1, 0.15) is 94.2 Å². The van der Waals surface area contributed by atoms with Gasteiger partial charge in [0.2, 0.25) is 0 Å². The molecule has 0 aliphatic heterocycles. The summed E-state index contributed by atoms with van der Waals surface area (Å²) >= 11 is 0. The van der Waals surface area contributed by atoms with Crippen LogP contribution in [0.5, 0.6) is 0 Å². The molecule has 0 aliphatic rings. The van der Waals surface area contributed by atoms with E-state index in [9.17, 15) is 0 Å². The highest BCUT2D eigenvalue weighted by atomic mass is 15.3. The van der Waals surface area contributed by atoms with Crippen LogP contribution in [-0.2, 0) is 0 Å². The average molecular weight is 316 g/mol. The molecule has 0 saturated heterocycles. The predicted molar refractivity (Wildman–Crippen MR) is 98.1 cm³/mol. The first kappa shape index (κ1) is 18.0. The zero-order valence-corrected chi connectivity index (χ0v) is 15.4. The van der Waals surface area contributed by atoms with E-state index in [-0.39, 0.29) is 0 Å². The van der Waals surface area contributed by atoms with Gasteiger partial charge in [-0.2, -0.15) is 5.10 Å². The summed E-state index contributed by atoms with van der Waals surface area (Å²) in [5.41, 5.74) is 5.19. The molecule has 0 amide bonds. The van der Waals surface area contributed by atoms with E-state index >= 15 is 0 Å². The molecule has 0 N–H and O–H groups in total. The molecular weight excluding hydrogens is 282 g/mol. The van der Waals surface area contributed by atoms with E-state index in [0.717, 1.165) is 5.65 Å². The van der Waals surface area contributed by atoms with Gasteiger partial charge in [-0.05, 0) is 49.3 Å². The number of fused-ring (bicyclic) bond motifs is 1. The molecule has 0 spiro atoms. The van der Waals surface area contributed by atoms with Crippen molar-refractivity contribution in [3.8, 4) is 0 Å². The highest BCUT2D eigenvalue weighted by molar-refractivity contribution is 5.52. The van der Waals surface area contributed by atoms with Gasteiger partial charge in [-0.15, -0.1) is 0 Å². The zero-order chi connectivity index (χ0) is 16.7. The highest BCUT2D eigenvalue weighted by Crippen LogP contribution is 2.32. The van der Waals surface area contributed by atoms with E-state index in [0.29, 0.717) is 5.92 Å². The first-order chi connectivity index (χ1) is 11.2. The lowest BCUT2D eigenvalue weighted by molar-refractivity contribution is 0.501. The summed E-state index contributed by atoms with van der Waals surface area (Å²) < 4.78 is 1.97. The minimum Gasteiger partial charge on any atom is -0.221 e. The van der Waals surface area contributed by atoms with Gasteiger partial charge in [-0.3, -0.25) is 0 Å². The van der Waals surface area contributed by atoms with Crippen LogP contribution in [-0.4, -0.2) is 14.6 Å². The van der Waals surface area contributed by atoms with Gasteiger partial charge in [0.1, 0.15) is 6.33 Å². The van der Waals surface area contributed by atoms with Crippen molar-refractivity contribution in [1.82, 2.24) is 14.6 Å². The molecule has 3 heteroatoms. The third kappa shape index (κ3) is 4.55. The number of hydrogen-bond acceptors (Lipinski definition) is 2. The van der Waals surface area contributed by atoms with Crippen molar-refractivity contribution < 1.29 is 0 Å². The summed E-state index contributed by atoms with van der Waals surface area (Å²) in [7, 11) is 0. The number of hydrogen-bond donors (Lipinski definition) is 0. The van der Waals surface area contributed by atoms with Crippen molar-refractivity contribution in [1.29, 1.82) is 0 Å². The lowest BCUT2D eigenvalue weighted by Gasteiger charge is -2.21. The summed E-state index contributed by atoms with van der Waals surface area (Å²) in [6, 6.07) is 0. The van der Waals surface area contributed by atoms with Crippen LogP contribution in [0.15, 0.2) is 12.5 Å². The lowest BCUT2D eigenvalue weighted by atomic mass is 9.86. The molecule has 0 bridgehead atoms. The largest absolute Gasteiger partial charge is 0.221 e. The average Bonchev–Trinajstić information content (AvgIpc) is 3.02. The molecule has 1 atom stereocenters. The Morgan fingerprint density at radius 1 is 0.913 bits per heavy atom. The highest BCUT2D eigenvalue weighted by Gasteiger charge is 2.17. The van der Waals surface area contributed by atoms with E-state index < -0.39 is 0 Å². The topological polar surface area (TPSA) is 30.2 Å². The molecule has 0 aliphatic carbocycles. The molecule has 2 aromatic rings. The number of nitrogens with zero attached hydrogens (tertiary/aromatic N) is 3. The third-order valence-corrected chi connectivity index (χ3v) is 5.17. The Hall–Kier alpha value is -1.38. The molecule has 3 nitrogen and oxygen atoms in total. The molecule has 23 heavy (non-hydrogen) atoms. The molecule has 0 fully saturated rings. The van der Waals surface area contributed by atoms with Crippen molar-refractivity contribution in [3.63, 3.8) is 0 Å². The minimum absolute atomic E-state index is 0.670. The van der Waals surface area contributed by atoms with Crippen molar-refractivity contribution >= 4 is 5.65 Å². The Balaban J connectivity index is 2.15. The van der Waals surface area contributed by atoms with Crippen LogP contribution in [0.3, 0.4) is 0 Å². The molecule has 0 saturated carbocycles. The fraction of sp³-hybridized carbons (Fsp3) is 0.700. The first-order valence-corrected chi connectivity index (χ1v) is 9.48. The van der Waals surface area contributed by atoms with Crippen LogP contribution < -0.4 is 0 Å². The molecule has 2 aromatic heterocycles. The Labute approximate surface area is 141 Å². The van der Waals surface area contributed by atoms with Gasteiger partial charge >= 0.3 is 0 Å². The maximum atomic E-state index is 4.39. The Bertz CT molecular complexity index is 600. The summed E-state index contributed by atoms with van der Waals surface area (Å²) in [5, 5.41) is 4.37. The Morgan fingerprint density at radius 2 is 1.61 bits per heavy atom. The summed E-state index contributed by atoms with van der Waals surface area (Å²) in [6.07, 6.45) is 15.9. The van der Waals surface area contributed by atoms with Gasteiger partial charge < -0.3 is 0 Å². The van der Waals surface area contributed by atoms with E-state index in [1.807, 2.05) is 4.52 Å². The van der Waals surface area contributed by atoms with E-state index in [2.05, 4.69) is 44.0 Å². The first-order valence-electron chi connectivity index (χ1n) is 9.48. The van der Waals surface area contributed by atoms with E-state index in [1.165, 1.54) is 74.5 Å². The smallest absolute Gasteiger partial charge is 0.158 e. The van der Waals surface area contributed by atoms with Crippen molar-refractivity contribution in [2.75, 3.05) is 0 Å².